The van der Waals surface area contributed by atoms with Crippen LogP contribution in [0.5, 0.6) is 0 Å². The highest BCUT2D eigenvalue weighted by Gasteiger charge is 2.30. The summed E-state index contributed by atoms with van der Waals surface area (Å²) in [6.45, 7) is 9.79. The van der Waals surface area contributed by atoms with Crippen LogP contribution in [0.3, 0.4) is 0 Å². The molecule has 0 amide bonds. The van der Waals surface area contributed by atoms with Crippen molar-refractivity contribution in [2.75, 3.05) is 31.6 Å². The molecule has 1 heterocycles. The van der Waals surface area contributed by atoms with Crippen LogP contribution >= 0.6 is 0 Å². The molecule has 1 fully saturated rings. The first-order chi connectivity index (χ1) is 9.94. The lowest BCUT2D eigenvalue weighted by molar-refractivity contribution is -0.384. The van der Waals surface area contributed by atoms with Crippen molar-refractivity contribution in [3.8, 4) is 0 Å². The summed E-state index contributed by atoms with van der Waals surface area (Å²) in [5.74, 6) is 0. The number of nitro benzene ring substituents is 1. The van der Waals surface area contributed by atoms with Gasteiger partial charge < -0.3 is 10.1 Å². The molecule has 1 saturated heterocycles. The first kappa shape index (κ1) is 15.7. The van der Waals surface area contributed by atoms with Gasteiger partial charge in [0.1, 0.15) is 5.69 Å². The number of ether oxygens (including phenoxy) is 1. The standard InChI is InChI=1S/C15H23N3O3/c1-4-16-13-6-5-12(9-14(13)18(19)20)10-17-7-8-21-11-15(17,2)3/h5-6,9,16H,4,7-8,10-11H2,1-3H3. The third-order valence-electron chi connectivity index (χ3n) is 3.82. The van der Waals surface area contributed by atoms with E-state index in [0.717, 1.165) is 12.1 Å². The fraction of sp³-hybridized carbons (Fsp3) is 0.600. The number of hydrogen-bond acceptors (Lipinski definition) is 5. The van der Waals surface area contributed by atoms with Crippen molar-refractivity contribution in [1.29, 1.82) is 0 Å². The highest BCUT2D eigenvalue weighted by Crippen LogP contribution is 2.28. The summed E-state index contributed by atoms with van der Waals surface area (Å²) in [6.07, 6.45) is 0. The van der Waals surface area contributed by atoms with Crippen LogP contribution in [-0.4, -0.2) is 41.7 Å². The molecule has 1 aliphatic rings. The van der Waals surface area contributed by atoms with Crippen molar-refractivity contribution in [3.05, 3.63) is 33.9 Å². The smallest absolute Gasteiger partial charge is 0.292 e. The van der Waals surface area contributed by atoms with E-state index in [1.54, 1.807) is 12.1 Å². The van der Waals surface area contributed by atoms with Gasteiger partial charge in [0.2, 0.25) is 0 Å². The van der Waals surface area contributed by atoms with Gasteiger partial charge in [-0.15, -0.1) is 0 Å². The fourth-order valence-electron chi connectivity index (χ4n) is 2.57. The molecule has 0 atom stereocenters. The molecule has 1 N–H and O–H groups in total. The van der Waals surface area contributed by atoms with Gasteiger partial charge in [-0.2, -0.15) is 0 Å². The molecular formula is C15H23N3O3. The molecule has 6 heteroatoms. The minimum atomic E-state index is -0.327. The molecule has 2 rings (SSSR count). The molecule has 0 aromatic heterocycles. The van der Waals surface area contributed by atoms with Crippen molar-refractivity contribution in [2.24, 2.45) is 0 Å². The van der Waals surface area contributed by atoms with E-state index in [2.05, 4.69) is 24.1 Å². The van der Waals surface area contributed by atoms with E-state index in [1.165, 1.54) is 0 Å². The Kier molecular flexibility index (Phi) is 4.80. The van der Waals surface area contributed by atoms with E-state index in [4.69, 9.17) is 4.74 Å². The van der Waals surface area contributed by atoms with E-state index < -0.39 is 0 Å². The quantitative estimate of drug-likeness (QED) is 0.667. The first-order valence-electron chi connectivity index (χ1n) is 7.28. The van der Waals surface area contributed by atoms with Crippen molar-refractivity contribution in [1.82, 2.24) is 4.90 Å². The van der Waals surface area contributed by atoms with Gasteiger partial charge >= 0.3 is 0 Å². The first-order valence-corrected chi connectivity index (χ1v) is 7.28. The Morgan fingerprint density at radius 1 is 1.48 bits per heavy atom. The molecule has 116 valence electrons. The Hall–Kier alpha value is -1.66. The minimum absolute atomic E-state index is 0.0482. The largest absolute Gasteiger partial charge is 0.380 e. The van der Waals surface area contributed by atoms with Crippen LogP contribution in [-0.2, 0) is 11.3 Å². The summed E-state index contributed by atoms with van der Waals surface area (Å²) in [7, 11) is 0. The van der Waals surface area contributed by atoms with Crippen LogP contribution in [0.25, 0.3) is 0 Å². The molecule has 0 bridgehead atoms. The highest BCUT2D eigenvalue weighted by molar-refractivity contribution is 5.62. The summed E-state index contributed by atoms with van der Waals surface area (Å²) in [4.78, 5) is 13.2. The normalized spacial score (nSPS) is 18.4. The number of nitro groups is 1. The number of hydrogen-bond donors (Lipinski definition) is 1. The van der Waals surface area contributed by atoms with Crippen molar-refractivity contribution < 1.29 is 9.66 Å². The van der Waals surface area contributed by atoms with Gasteiger partial charge in [-0.25, -0.2) is 0 Å². The second-order valence-corrected chi connectivity index (χ2v) is 5.93. The predicted octanol–water partition coefficient (Wildman–Crippen LogP) is 2.64. The Balaban J connectivity index is 2.20. The van der Waals surface area contributed by atoms with Crippen LogP contribution in [0.4, 0.5) is 11.4 Å². The zero-order valence-electron chi connectivity index (χ0n) is 12.9. The summed E-state index contributed by atoms with van der Waals surface area (Å²) in [5.41, 5.74) is 1.62. The second kappa shape index (κ2) is 6.41. The monoisotopic (exact) mass is 293 g/mol. The molecule has 1 aromatic carbocycles. The van der Waals surface area contributed by atoms with Crippen LogP contribution in [0.1, 0.15) is 26.3 Å². The maximum atomic E-state index is 11.2. The van der Waals surface area contributed by atoms with Gasteiger partial charge in [-0.05, 0) is 32.4 Å². The zero-order valence-corrected chi connectivity index (χ0v) is 12.9. The topological polar surface area (TPSA) is 67.6 Å². The molecular weight excluding hydrogens is 270 g/mol. The van der Waals surface area contributed by atoms with Gasteiger partial charge in [-0.3, -0.25) is 15.0 Å². The number of nitrogens with one attached hydrogen (secondary N) is 1. The van der Waals surface area contributed by atoms with Crippen molar-refractivity contribution >= 4 is 11.4 Å². The van der Waals surface area contributed by atoms with E-state index in [9.17, 15) is 10.1 Å². The summed E-state index contributed by atoms with van der Waals surface area (Å²) in [5, 5.41) is 14.2. The summed E-state index contributed by atoms with van der Waals surface area (Å²) >= 11 is 0. The number of nitrogens with zero attached hydrogens (tertiary/aromatic N) is 2. The molecule has 1 aliphatic heterocycles. The Labute approximate surface area is 125 Å². The molecule has 0 unspecified atom stereocenters. The van der Waals surface area contributed by atoms with E-state index >= 15 is 0 Å². The van der Waals surface area contributed by atoms with Crippen molar-refractivity contribution in [3.63, 3.8) is 0 Å². The lowest BCUT2D eigenvalue weighted by Crippen LogP contribution is -2.52. The van der Waals surface area contributed by atoms with E-state index in [1.807, 2.05) is 13.0 Å². The molecule has 21 heavy (non-hydrogen) atoms. The average molecular weight is 293 g/mol. The molecule has 6 nitrogen and oxygen atoms in total. The fourth-order valence-corrected chi connectivity index (χ4v) is 2.57. The molecule has 0 saturated carbocycles. The SMILES string of the molecule is CCNc1ccc(CN2CCOCC2(C)C)cc1[N+](=O)[O-]. The van der Waals surface area contributed by atoms with E-state index in [-0.39, 0.29) is 16.1 Å². The zero-order chi connectivity index (χ0) is 15.5. The van der Waals surface area contributed by atoms with Crippen LogP contribution < -0.4 is 5.32 Å². The third-order valence-corrected chi connectivity index (χ3v) is 3.82. The Morgan fingerprint density at radius 2 is 2.24 bits per heavy atom. The average Bonchev–Trinajstić information content (AvgIpc) is 2.42. The molecule has 1 aromatic rings. The maximum Gasteiger partial charge on any atom is 0.292 e. The van der Waals surface area contributed by atoms with Gasteiger partial charge in [0.25, 0.3) is 5.69 Å². The van der Waals surface area contributed by atoms with Crippen molar-refractivity contribution in [2.45, 2.75) is 32.9 Å². The number of rotatable bonds is 5. The van der Waals surface area contributed by atoms with Gasteiger partial charge in [0.15, 0.2) is 0 Å². The predicted molar refractivity (Wildman–Crippen MR) is 82.6 cm³/mol. The number of anilines is 1. The second-order valence-electron chi connectivity index (χ2n) is 5.93. The molecule has 0 radical (unpaired) electrons. The van der Waals surface area contributed by atoms with Crippen LogP contribution in [0.15, 0.2) is 18.2 Å². The van der Waals surface area contributed by atoms with Gasteiger partial charge in [-0.1, -0.05) is 6.07 Å². The van der Waals surface area contributed by atoms with Crippen LogP contribution in [0, 0.1) is 10.1 Å². The van der Waals surface area contributed by atoms with Gasteiger partial charge in [0, 0.05) is 31.2 Å². The Morgan fingerprint density at radius 3 is 2.86 bits per heavy atom. The van der Waals surface area contributed by atoms with Crippen LogP contribution in [0.2, 0.25) is 0 Å². The highest BCUT2D eigenvalue weighted by atomic mass is 16.6. The minimum Gasteiger partial charge on any atom is -0.380 e. The summed E-state index contributed by atoms with van der Waals surface area (Å²) < 4.78 is 5.51. The lowest BCUT2D eigenvalue weighted by Gasteiger charge is -2.42. The Bertz CT molecular complexity index is 517. The number of morpholine rings is 1. The molecule has 0 spiro atoms. The molecule has 0 aliphatic carbocycles. The van der Waals surface area contributed by atoms with Gasteiger partial charge in [0.05, 0.1) is 18.1 Å². The lowest BCUT2D eigenvalue weighted by atomic mass is 10.0. The summed E-state index contributed by atoms with van der Waals surface area (Å²) in [6, 6.07) is 5.42. The third kappa shape index (κ3) is 3.71. The maximum absolute atomic E-state index is 11.2. The number of benzene rings is 1. The van der Waals surface area contributed by atoms with E-state index in [0.29, 0.717) is 32.0 Å².